The van der Waals surface area contributed by atoms with Crippen molar-refractivity contribution in [2.45, 2.75) is 39.2 Å². The highest BCUT2D eigenvalue weighted by Crippen LogP contribution is 2.14. The molecular weight excluding hydrogens is 242 g/mol. The zero-order valence-corrected chi connectivity index (χ0v) is 12.8. The third-order valence-corrected chi connectivity index (χ3v) is 4.00. The van der Waals surface area contributed by atoms with Crippen molar-refractivity contribution >= 4 is 0 Å². The molecule has 106 valence electrons. The minimum Gasteiger partial charge on any atom is -0.317 e. The second kappa shape index (κ2) is 7.25. The Morgan fingerprint density at radius 3 is 2.50 bits per heavy atom. The van der Waals surface area contributed by atoms with Gasteiger partial charge in [-0.2, -0.15) is 0 Å². The first-order chi connectivity index (χ1) is 9.69. The third kappa shape index (κ3) is 4.21. The summed E-state index contributed by atoms with van der Waals surface area (Å²) in [5.41, 5.74) is 5.64. The number of hydrogen-bond acceptors (Lipinski definition) is 1. The van der Waals surface area contributed by atoms with Crippen LogP contribution in [0.3, 0.4) is 0 Å². The third-order valence-electron chi connectivity index (χ3n) is 4.00. The van der Waals surface area contributed by atoms with Crippen molar-refractivity contribution in [3.8, 4) is 0 Å². The van der Waals surface area contributed by atoms with Crippen LogP contribution >= 0.6 is 0 Å². The van der Waals surface area contributed by atoms with Crippen molar-refractivity contribution in [1.82, 2.24) is 5.32 Å². The van der Waals surface area contributed by atoms with E-state index in [2.05, 4.69) is 74.7 Å². The summed E-state index contributed by atoms with van der Waals surface area (Å²) in [6.07, 6.45) is 3.42. The minimum absolute atomic E-state index is 0.538. The smallest absolute Gasteiger partial charge is 0.0108 e. The van der Waals surface area contributed by atoms with E-state index >= 15 is 0 Å². The molecule has 0 heterocycles. The van der Waals surface area contributed by atoms with E-state index in [1.54, 1.807) is 0 Å². The molecule has 1 atom stereocenters. The fourth-order valence-corrected chi connectivity index (χ4v) is 2.69. The van der Waals surface area contributed by atoms with E-state index in [4.69, 9.17) is 0 Å². The first kappa shape index (κ1) is 14.8. The normalized spacial score (nSPS) is 12.3. The van der Waals surface area contributed by atoms with E-state index in [0.717, 1.165) is 12.8 Å². The van der Waals surface area contributed by atoms with Crippen LogP contribution in [0.5, 0.6) is 0 Å². The molecule has 0 aliphatic rings. The summed E-state index contributed by atoms with van der Waals surface area (Å²) in [5, 5.41) is 3.46. The zero-order chi connectivity index (χ0) is 14.4. The van der Waals surface area contributed by atoms with Gasteiger partial charge in [-0.3, -0.25) is 0 Å². The van der Waals surface area contributed by atoms with Gasteiger partial charge in [-0.15, -0.1) is 0 Å². The average Bonchev–Trinajstić information content (AvgIpc) is 2.45. The number of benzene rings is 2. The highest BCUT2D eigenvalue weighted by Gasteiger charge is 2.08. The number of likely N-dealkylation sites (N-methyl/N-ethyl adjacent to an activating group) is 1. The lowest BCUT2D eigenvalue weighted by Gasteiger charge is -2.17. The zero-order valence-electron chi connectivity index (χ0n) is 12.8. The molecule has 1 nitrogen and oxygen atoms in total. The maximum Gasteiger partial charge on any atom is 0.0108 e. The van der Waals surface area contributed by atoms with Gasteiger partial charge in [-0.1, -0.05) is 54.1 Å². The largest absolute Gasteiger partial charge is 0.317 e. The van der Waals surface area contributed by atoms with E-state index in [0.29, 0.717) is 6.04 Å². The van der Waals surface area contributed by atoms with Gasteiger partial charge < -0.3 is 5.32 Å². The summed E-state index contributed by atoms with van der Waals surface area (Å²) >= 11 is 0. The Morgan fingerprint density at radius 2 is 1.80 bits per heavy atom. The molecule has 1 heteroatoms. The predicted octanol–water partition coefficient (Wildman–Crippen LogP) is 4.07. The van der Waals surface area contributed by atoms with Crippen LogP contribution in [0.1, 0.15) is 28.7 Å². The number of nitrogens with one attached hydrogen (secondary N) is 1. The Kier molecular flexibility index (Phi) is 5.37. The number of hydrogen-bond donors (Lipinski definition) is 1. The molecular formula is C19H25N. The van der Waals surface area contributed by atoms with Crippen LogP contribution in [0.2, 0.25) is 0 Å². The summed E-state index contributed by atoms with van der Waals surface area (Å²) in [4.78, 5) is 0. The average molecular weight is 267 g/mol. The topological polar surface area (TPSA) is 12.0 Å². The fraction of sp³-hybridized carbons (Fsp3) is 0.368. The monoisotopic (exact) mass is 267 g/mol. The van der Waals surface area contributed by atoms with Crippen LogP contribution < -0.4 is 5.32 Å². The molecule has 0 bridgehead atoms. The molecule has 2 aromatic rings. The molecule has 20 heavy (non-hydrogen) atoms. The molecule has 0 saturated carbocycles. The molecule has 1 unspecified atom stereocenters. The SMILES string of the molecule is CNC(CCc1ccccc1C)Cc1cccc(C)c1. The Bertz CT molecular complexity index is 545. The van der Waals surface area contributed by atoms with E-state index in [1.165, 1.54) is 28.7 Å². The van der Waals surface area contributed by atoms with Crippen molar-refractivity contribution in [3.63, 3.8) is 0 Å². The minimum atomic E-state index is 0.538. The summed E-state index contributed by atoms with van der Waals surface area (Å²) in [7, 11) is 2.07. The van der Waals surface area contributed by atoms with Gasteiger partial charge in [0.25, 0.3) is 0 Å². The maximum atomic E-state index is 3.46. The highest BCUT2D eigenvalue weighted by atomic mass is 14.9. The van der Waals surface area contributed by atoms with Crippen LogP contribution in [0.4, 0.5) is 0 Å². The van der Waals surface area contributed by atoms with Crippen LogP contribution in [-0.4, -0.2) is 13.1 Å². The number of rotatable bonds is 6. The molecule has 0 radical (unpaired) electrons. The highest BCUT2D eigenvalue weighted by molar-refractivity contribution is 5.26. The van der Waals surface area contributed by atoms with Crippen LogP contribution in [-0.2, 0) is 12.8 Å². The molecule has 0 spiro atoms. The lowest BCUT2D eigenvalue weighted by molar-refractivity contribution is 0.519. The Labute approximate surface area is 123 Å². The predicted molar refractivity (Wildman–Crippen MR) is 87.2 cm³/mol. The number of aryl methyl sites for hydroxylation is 3. The second-order valence-electron chi connectivity index (χ2n) is 5.64. The molecule has 0 fully saturated rings. The van der Waals surface area contributed by atoms with Crippen molar-refractivity contribution in [3.05, 3.63) is 70.8 Å². The molecule has 0 aliphatic heterocycles. The Balaban J connectivity index is 1.94. The lowest BCUT2D eigenvalue weighted by atomic mass is 9.96. The van der Waals surface area contributed by atoms with Gasteiger partial charge in [0, 0.05) is 6.04 Å². The van der Waals surface area contributed by atoms with Gasteiger partial charge in [0.2, 0.25) is 0 Å². The van der Waals surface area contributed by atoms with E-state index in [9.17, 15) is 0 Å². The molecule has 2 rings (SSSR count). The van der Waals surface area contributed by atoms with Gasteiger partial charge in [0.1, 0.15) is 0 Å². The molecule has 0 amide bonds. The van der Waals surface area contributed by atoms with Gasteiger partial charge in [0.15, 0.2) is 0 Å². The molecule has 0 saturated heterocycles. The first-order valence-electron chi connectivity index (χ1n) is 7.46. The first-order valence-corrected chi connectivity index (χ1v) is 7.46. The molecule has 0 aromatic heterocycles. The second-order valence-corrected chi connectivity index (χ2v) is 5.64. The maximum absolute atomic E-state index is 3.46. The van der Waals surface area contributed by atoms with Gasteiger partial charge >= 0.3 is 0 Å². The van der Waals surface area contributed by atoms with Crippen molar-refractivity contribution in [1.29, 1.82) is 0 Å². The van der Waals surface area contributed by atoms with Crippen LogP contribution in [0.15, 0.2) is 48.5 Å². The summed E-state index contributed by atoms with van der Waals surface area (Å²) in [6.45, 7) is 4.36. The fourth-order valence-electron chi connectivity index (χ4n) is 2.69. The van der Waals surface area contributed by atoms with E-state index in [1.807, 2.05) is 0 Å². The molecule has 2 aromatic carbocycles. The summed E-state index contributed by atoms with van der Waals surface area (Å²) in [5.74, 6) is 0. The van der Waals surface area contributed by atoms with E-state index < -0.39 is 0 Å². The van der Waals surface area contributed by atoms with Crippen molar-refractivity contribution in [2.75, 3.05) is 7.05 Å². The standard InChI is InChI=1S/C19H25N/c1-15-7-6-9-17(13-15)14-19(20-3)12-11-18-10-5-4-8-16(18)2/h4-10,13,19-20H,11-12,14H2,1-3H3. The van der Waals surface area contributed by atoms with Gasteiger partial charge in [-0.05, 0) is 56.8 Å². The van der Waals surface area contributed by atoms with Crippen molar-refractivity contribution < 1.29 is 0 Å². The van der Waals surface area contributed by atoms with Crippen LogP contribution in [0.25, 0.3) is 0 Å². The quantitative estimate of drug-likeness (QED) is 0.832. The van der Waals surface area contributed by atoms with Crippen LogP contribution in [0, 0.1) is 13.8 Å². The Morgan fingerprint density at radius 1 is 1.00 bits per heavy atom. The van der Waals surface area contributed by atoms with Gasteiger partial charge in [0.05, 0.1) is 0 Å². The molecule has 0 aliphatic carbocycles. The molecule has 1 N–H and O–H groups in total. The lowest BCUT2D eigenvalue weighted by Crippen LogP contribution is -2.28. The van der Waals surface area contributed by atoms with Crippen molar-refractivity contribution in [2.24, 2.45) is 0 Å². The van der Waals surface area contributed by atoms with Gasteiger partial charge in [-0.25, -0.2) is 0 Å². The summed E-state index contributed by atoms with van der Waals surface area (Å²) in [6, 6.07) is 18.1. The summed E-state index contributed by atoms with van der Waals surface area (Å²) < 4.78 is 0. The Hall–Kier alpha value is -1.60. The van der Waals surface area contributed by atoms with E-state index in [-0.39, 0.29) is 0 Å².